The molecule has 6 rings (SSSR count). The number of primary amides is 1. The van der Waals surface area contributed by atoms with Crippen LogP contribution in [0.2, 0.25) is 0 Å². The second-order valence-electron chi connectivity index (χ2n) is 12.1. The zero-order valence-electron chi connectivity index (χ0n) is 25.8. The molecule has 3 aliphatic carbocycles. The van der Waals surface area contributed by atoms with Gasteiger partial charge in [0.2, 0.25) is 11.5 Å². The molecule has 1 heterocycles. The first-order valence-corrected chi connectivity index (χ1v) is 14.7. The van der Waals surface area contributed by atoms with E-state index in [2.05, 4.69) is 10.5 Å². The number of allylic oxidation sites excluding steroid dienone is 1. The summed E-state index contributed by atoms with van der Waals surface area (Å²) >= 11 is 0. The minimum absolute atomic E-state index is 0.000477. The molecular weight excluding hydrogens is 628 g/mol. The van der Waals surface area contributed by atoms with Crippen molar-refractivity contribution in [2.24, 2.45) is 17.6 Å². The Labute approximate surface area is 271 Å². The Morgan fingerprint density at radius 1 is 1.10 bits per heavy atom. The number of benzene rings is 2. The van der Waals surface area contributed by atoms with Gasteiger partial charge in [-0.15, -0.1) is 0 Å². The number of aliphatic hydroxyl groups is 3. The van der Waals surface area contributed by atoms with Crippen molar-refractivity contribution in [3.8, 4) is 16.9 Å². The van der Waals surface area contributed by atoms with Crippen molar-refractivity contribution in [3.05, 3.63) is 87.7 Å². The zero-order chi connectivity index (χ0) is 34.8. The van der Waals surface area contributed by atoms with E-state index in [1.807, 2.05) is 0 Å². The van der Waals surface area contributed by atoms with Crippen molar-refractivity contribution in [2.45, 2.75) is 24.5 Å². The van der Waals surface area contributed by atoms with Crippen LogP contribution in [0.15, 0.2) is 69.8 Å². The van der Waals surface area contributed by atoms with Gasteiger partial charge in [-0.05, 0) is 73.8 Å². The van der Waals surface area contributed by atoms with Crippen molar-refractivity contribution >= 4 is 35.0 Å². The third-order valence-electron chi connectivity index (χ3n) is 9.19. The lowest BCUT2D eigenvalue weighted by Crippen LogP contribution is -2.63. The highest BCUT2D eigenvalue weighted by molar-refractivity contribution is 6.25. The van der Waals surface area contributed by atoms with Crippen LogP contribution in [0.1, 0.15) is 43.3 Å². The van der Waals surface area contributed by atoms with Crippen LogP contribution in [0.3, 0.4) is 0 Å². The number of methoxy groups -OCH3 is 1. The predicted molar refractivity (Wildman–Crippen MR) is 165 cm³/mol. The van der Waals surface area contributed by atoms with Crippen LogP contribution < -0.4 is 11.1 Å². The first kappa shape index (κ1) is 32.2. The molecule has 1 aromatic heterocycles. The number of aliphatic hydroxyl groups excluding tert-OH is 2. The van der Waals surface area contributed by atoms with Crippen molar-refractivity contribution in [3.63, 3.8) is 0 Å². The molecule has 48 heavy (non-hydrogen) atoms. The van der Waals surface area contributed by atoms with Gasteiger partial charge in [-0.1, -0.05) is 11.2 Å². The number of amides is 2. The summed E-state index contributed by atoms with van der Waals surface area (Å²) in [6.07, 6.45) is 1.18. The quantitative estimate of drug-likeness (QED) is 0.164. The third-order valence-corrected chi connectivity index (χ3v) is 9.19. The number of fused-ring (bicyclic) bond motifs is 3. The van der Waals surface area contributed by atoms with Gasteiger partial charge in [0.05, 0.1) is 30.5 Å². The second-order valence-corrected chi connectivity index (χ2v) is 12.1. The number of phenols is 1. The SMILES string of the molecule is COC(=O)c1cc(NC(=O)c2ccno2)cc(-c2ccc(O)c3c2C[C@H]2C[C@@H]4[C@@H](N(C)C)C(O)=C(C(N)=O)C(=O)[C@]4(O)C(O)=C2C3=O)c1. The normalized spacial score (nSPS) is 23.4. The second kappa shape index (κ2) is 11.5. The van der Waals surface area contributed by atoms with Crippen LogP contribution in [0.4, 0.5) is 5.69 Å². The Morgan fingerprint density at radius 3 is 2.46 bits per heavy atom. The van der Waals surface area contributed by atoms with Crippen molar-refractivity contribution < 1.29 is 53.7 Å². The molecule has 248 valence electrons. The highest BCUT2D eigenvalue weighted by Gasteiger charge is 2.63. The van der Waals surface area contributed by atoms with Gasteiger partial charge in [0.1, 0.15) is 22.8 Å². The lowest BCUT2D eigenvalue weighted by atomic mass is 9.58. The molecule has 0 unspecified atom stereocenters. The molecule has 0 fully saturated rings. The van der Waals surface area contributed by atoms with Crippen LogP contribution in [-0.2, 0) is 20.7 Å². The maximum absolute atomic E-state index is 14.1. The van der Waals surface area contributed by atoms with E-state index in [0.29, 0.717) is 16.7 Å². The number of rotatable bonds is 6. The minimum atomic E-state index is -2.77. The average molecular weight is 659 g/mol. The summed E-state index contributed by atoms with van der Waals surface area (Å²) in [6, 6.07) is 7.35. The summed E-state index contributed by atoms with van der Waals surface area (Å²) in [5.41, 5.74) is 2.46. The zero-order valence-corrected chi connectivity index (χ0v) is 25.8. The van der Waals surface area contributed by atoms with Gasteiger partial charge < -0.3 is 40.7 Å². The number of Topliss-reactive ketones (excluding diaryl/α,β-unsaturated/α-hetero) is 2. The Balaban J connectivity index is 1.50. The van der Waals surface area contributed by atoms with Gasteiger partial charge in [-0.25, -0.2) is 4.79 Å². The van der Waals surface area contributed by atoms with E-state index in [0.717, 1.165) is 0 Å². The fourth-order valence-corrected chi connectivity index (χ4v) is 7.14. The summed E-state index contributed by atoms with van der Waals surface area (Å²) in [4.78, 5) is 66.7. The Bertz CT molecular complexity index is 2000. The number of anilines is 1. The number of nitrogens with two attached hydrogens (primary N) is 1. The molecular formula is C33H30N4O11. The van der Waals surface area contributed by atoms with Crippen molar-refractivity contribution in [1.82, 2.24) is 10.1 Å². The lowest BCUT2D eigenvalue weighted by Gasteiger charge is -2.50. The number of aromatic nitrogens is 1. The molecule has 0 saturated heterocycles. The number of nitrogens with zero attached hydrogens (tertiary/aromatic N) is 2. The number of ether oxygens (including phenoxy) is 1. The first-order chi connectivity index (χ1) is 22.7. The number of likely N-dealkylation sites (N-methyl/N-ethyl adjacent to an activating group) is 1. The molecule has 3 aromatic rings. The Kier molecular flexibility index (Phi) is 7.68. The first-order valence-electron chi connectivity index (χ1n) is 14.7. The predicted octanol–water partition coefficient (Wildman–Crippen LogP) is 1.81. The van der Waals surface area contributed by atoms with Crippen molar-refractivity contribution in [1.29, 1.82) is 0 Å². The van der Waals surface area contributed by atoms with E-state index in [9.17, 15) is 44.4 Å². The average Bonchev–Trinajstić information content (AvgIpc) is 3.57. The number of hydrogen-bond donors (Lipinski definition) is 6. The minimum Gasteiger partial charge on any atom is -0.510 e. The Hall–Kier alpha value is -5.80. The molecule has 0 bridgehead atoms. The molecule has 2 aromatic carbocycles. The molecule has 0 spiro atoms. The number of hydrogen-bond acceptors (Lipinski definition) is 13. The van der Waals surface area contributed by atoms with Gasteiger partial charge >= 0.3 is 5.97 Å². The summed E-state index contributed by atoms with van der Waals surface area (Å²) in [7, 11) is 4.26. The largest absolute Gasteiger partial charge is 0.510 e. The molecule has 0 aliphatic heterocycles. The lowest BCUT2D eigenvalue weighted by molar-refractivity contribution is -0.148. The number of carbonyl (C=O) groups is 5. The maximum atomic E-state index is 14.1. The molecule has 2 amide bonds. The molecule has 0 radical (unpaired) electrons. The van der Waals surface area contributed by atoms with Crippen LogP contribution in [0.25, 0.3) is 11.1 Å². The number of ketones is 2. The molecule has 3 aliphatic rings. The van der Waals surface area contributed by atoms with E-state index < -0.39 is 75.7 Å². The number of carbonyl (C=O) groups excluding carboxylic acids is 5. The van der Waals surface area contributed by atoms with Crippen LogP contribution in [-0.4, -0.2) is 92.7 Å². The van der Waals surface area contributed by atoms with Gasteiger partial charge in [-0.3, -0.25) is 24.1 Å². The standard InChI is InChI=1S/C33H30N4O11/c1-37(2)25-19-12-14-11-18-17(13-8-15(32(45)47-3)10-16(9-13)36-31(44)21-6-7-35-48-21)4-5-20(38)23(18)26(39)22(14)28(41)33(19,46)29(42)24(27(25)40)30(34)43/h4-10,14,19,25,38,40-41,46H,11-12H2,1-3H3,(H2,34,43)(H,36,44)/t14-,19+,25+,33+/m0/s1. The van der Waals surface area contributed by atoms with Gasteiger partial charge in [0.25, 0.3) is 11.8 Å². The van der Waals surface area contributed by atoms with Crippen LogP contribution in [0, 0.1) is 11.8 Å². The summed E-state index contributed by atoms with van der Waals surface area (Å²) in [6.45, 7) is 0. The smallest absolute Gasteiger partial charge is 0.337 e. The summed E-state index contributed by atoms with van der Waals surface area (Å²) < 4.78 is 9.81. The molecule has 15 nitrogen and oxygen atoms in total. The summed E-state index contributed by atoms with van der Waals surface area (Å²) in [5.74, 6) is -9.15. The van der Waals surface area contributed by atoms with E-state index in [1.54, 1.807) is 0 Å². The maximum Gasteiger partial charge on any atom is 0.337 e. The van der Waals surface area contributed by atoms with Crippen LogP contribution >= 0.6 is 0 Å². The van der Waals surface area contributed by atoms with Gasteiger partial charge in [-0.2, -0.15) is 0 Å². The molecule has 4 atom stereocenters. The monoisotopic (exact) mass is 658 g/mol. The summed E-state index contributed by atoms with van der Waals surface area (Å²) in [5, 5.41) is 51.4. The number of nitrogens with one attached hydrogen (secondary N) is 1. The van der Waals surface area contributed by atoms with E-state index >= 15 is 0 Å². The molecule has 15 heteroatoms. The van der Waals surface area contributed by atoms with E-state index in [-0.39, 0.29) is 41.0 Å². The number of esters is 1. The van der Waals surface area contributed by atoms with Gasteiger partial charge in [0.15, 0.2) is 11.4 Å². The van der Waals surface area contributed by atoms with Gasteiger partial charge in [0, 0.05) is 23.2 Å². The third kappa shape index (κ3) is 4.74. The number of phenolic OH excluding ortho intramolecular Hbond substituents is 1. The van der Waals surface area contributed by atoms with E-state index in [4.69, 9.17) is 15.0 Å². The molecule has 7 N–H and O–H groups in total. The van der Waals surface area contributed by atoms with Crippen LogP contribution in [0.5, 0.6) is 5.75 Å². The molecule has 0 saturated carbocycles. The number of aromatic hydroxyl groups is 1. The Morgan fingerprint density at radius 2 is 1.83 bits per heavy atom. The fourth-order valence-electron chi connectivity index (χ4n) is 7.14. The topological polar surface area (TPSA) is 243 Å². The highest BCUT2D eigenvalue weighted by Crippen LogP contribution is 2.53. The fraction of sp³-hybridized carbons (Fsp3) is 0.273. The van der Waals surface area contributed by atoms with Crippen molar-refractivity contribution in [2.75, 3.05) is 26.5 Å². The highest BCUT2D eigenvalue weighted by atomic mass is 16.5. The van der Waals surface area contributed by atoms with E-state index in [1.165, 1.54) is 68.7 Å².